The number of fused-ring (bicyclic) bond motifs is 5. The lowest BCUT2D eigenvalue weighted by molar-refractivity contribution is 0.0695. The first-order valence-corrected chi connectivity index (χ1v) is 14.5. The van der Waals surface area contributed by atoms with Crippen LogP contribution in [-0.2, 0) is 7.05 Å². The fourth-order valence-electron chi connectivity index (χ4n) is 7.13. The van der Waals surface area contributed by atoms with Gasteiger partial charge in [-0.3, -0.25) is 9.69 Å². The summed E-state index contributed by atoms with van der Waals surface area (Å²) < 4.78 is 32.2. The summed E-state index contributed by atoms with van der Waals surface area (Å²) in [5, 5.41) is 22.6. The summed E-state index contributed by atoms with van der Waals surface area (Å²) in [5.41, 5.74) is 2.11. The molecule has 11 nitrogen and oxygen atoms in total. The number of carboxylic acids is 1. The first kappa shape index (κ1) is 28.2. The Hall–Kier alpha value is -4.62. The molecule has 2 aliphatic rings. The molecular formula is C31H31F2N7O4. The van der Waals surface area contributed by atoms with Crippen LogP contribution in [-0.4, -0.2) is 86.5 Å². The zero-order valence-electron chi connectivity index (χ0n) is 24.2. The van der Waals surface area contributed by atoms with Crippen LogP contribution in [0.2, 0.25) is 0 Å². The van der Waals surface area contributed by atoms with Crippen LogP contribution in [0.5, 0.6) is 0 Å². The monoisotopic (exact) mass is 603 g/mol. The summed E-state index contributed by atoms with van der Waals surface area (Å²) >= 11 is 0. The van der Waals surface area contributed by atoms with Gasteiger partial charge in [0, 0.05) is 82.2 Å². The summed E-state index contributed by atoms with van der Waals surface area (Å²) in [6, 6.07) is 2.92. The molecule has 228 valence electrons. The molecular weight excluding hydrogens is 572 g/mol. The third-order valence-corrected chi connectivity index (χ3v) is 9.17. The molecule has 6 heterocycles. The van der Waals surface area contributed by atoms with Gasteiger partial charge in [-0.1, -0.05) is 0 Å². The molecule has 0 radical (unpaired) electrons. The molecule has 7 rings (SSSR count). The van der Waals surface area contributed by atoms with Crippen molar-refractivity contribution in [2.75, 3.05) is 50.1 Å². The van der Waals surface area contributed by atoms with E-state index in [9.17, 15) is 24.2 Å². The molecule has 0 unspecified atom stereocenters. The number of pyridine rings is 3. The largest absolute Gasteiger partial charge is 0.477 e. The lowest BCUT2D eigenvalue weighted by Crippen LogP contribution is -2.36. The van der Waals surface area contributed by atoms with E-state index in [4.69, 9.17) is 0 Å². The van der Waals surface area contributed by atoms with E-state index >= 15 is 4.39 Å². The van der Waals surface area contributed by atoms with Crippen molar-refractivity contribution in [3.8, 4) is 11.1 Å². The number of hydrogen-bond donors (Lipinski definition) is 4. The van der Waals surface area contributed by atoms with Crippen LogP contribution >= 0.6 is 0 Å². The molecule has 44 heavy (non-hydrogen) atoms. The number of nitrogens with zero attached hydrogens (tertiary/aromatic N) is 5. The fourth-order valence-corrected chi connectivity index (χ4v) is 7.13. The molecule has 2 saturated heterocycles. The zero-order valence-corrected chi connectivity index (χ0v) is 24.2. The lowest BCUT2D eigenvalue weighted by Gasteiger charge is -2.27. The van der Waals surface area contributed by atoms with Crippen LogP contribution in [0.25, 0.3) is 44.1 Å². The smallest absolute Gasteiger partial charge is 0.341 e. The maximum Gasteiger partial charge on any atom is 0.341 e. The number of halogens is 2. The molecule has 5 aromatic rings. The van der Waals surface area contributed by atoms with Crippen LogP contribution < -0.4 is 15.6 Å². The number of benzene rings is 1. The Morgan fingerprint density at radius 2 is 2.00 bits per heavy atom. The molecule has 2 fully saturated rings. The van der Waals surface area contributed by atoms with E-state index in [-0.39, 0.29) is 29.0 Å². The number of carbonyl (C=O) groups is 1. The number of aliphatic hydroxyl groups is 1. The predicted molar refractivity (Wildman–Crippen MR) is 163 cm³/mol. The molecule has 0 aliphatic carbocycles. The Balaban J connectivity index is 1.49. The van der Waals surface area contributed by atoms with Gasteiger partial charge in [0.05, 0.1) is 33.1 Å². The van der Waals surface area contributed by atoms with Gasteiger partial charge in [0.1, 0.15) is 16.9 Å². The van der Waals surface area contributed by atoms with Crippen molar-refractivity contribution in [1.82, 2.24) is 24.4 Å². The predicted octanol–water partition coefficient (Wildman–Crippen LogP) is 3.54. The second-order valence-electron chi connectivity index (χ2n) is 11.6. The zero-order chi connectivity index (χ0) is 30.9. The average Bonchev–Trinajstić information content (AvgIpc) is 3.72. The second kappa shape index (κ2) is 10.5. The van der Waals surface area contributed by atoms with E-state index in [1.54, 1.807) is 32.6 Å². The van der Waals surface area contributed by atoms with Crippen molar-refractivity contribution in [2.45, 2.75) is 18.9 Å². The van der Waals surface area contributed by atoms with E-state index in [1.165, 1.54) is 10.8 Å². The standard InChI is InChI=1S/C31H31F2N7O4/c1-34-21-9-20(32)25(33)23-24-27(40-12-15-4-6-39(5-3-7-41)22(15)14-40)18(11-35-29(24)37-26(21)23)16-8-17-28(42)19(31(43)44)13-38(2)30(17)36-10-16/h8-11,13,15,22,34,41H,3-7,12,14H2,1-2H3,(H,35,37)(H,43,44)/t15-,22+/m1/s1. The van der Waals surface area contributed by atoms with Crippen LogP contribution in [0, 0.1) is 17.6 Å². The van der Waals surface area contributed by atoms with E-state index < -0.39 is 23.0 Å². The van der Waals surface area contributed by atoms with Crippen LogP contribution in [0.1, 0.15) is 23.2 Å². The van der Waals surface area contributed by atoms with Gasteiger partial charge < -0.3 is 30.0 Å². The van der Waals surface area contributed by atoms with Gasteiger partial charge in [-0.2, -0.15) is 0 Å². The van der Waals surface area contributed by atoms with Crippen molar-refractivity contribution in [3.63, 3.8) is 0 Å². The maximum atomic E-state index is 15.7. The number of anilines is 2. The summed E-state index contributed by atoms with van der Waals surface area (Å²) in [5.74, 6) is -2.99. The van der Waals surface area contributed by atoms with Crippen molar-refractivity contribution >= 4 is 50.3 Å². The Bertz CT molecular complexity index is 2040. The van der Waals surface area contributed by atoms with Crippen molar-refractivity contribution in [2.24, 2.45) is 13.0 Å². The Labute approximate surface area is 249 Å². The number of aromatic nitrogens is 4. The molecule has 13 heteroatoms. The van der Waals surface area contributed by atoms with Gasteiger partial charge in [-0.05, 0) is 31.4 Å². The second-order valence-corrected chi connectivity index (χ2v) is 11.6. The Morgan fingerprint density at radius 3 is 2.75 bits per heavy atom. The van der Waals surface area contributed by atoms with Gasteiger partial charge >= 0.3 is 5.97 Å². The number of aliphatic hydroxyl groups excluding tert-OH is 1. The van der Waals surface area contributed by atoms with Gasteiger partial charge in [-0.15, -0.1) is 0 Å². The third kappa shape index (κ3) is 4.21. The van der Waals surface area contributed by atoms with Gasteiger partial charge in [0.2, 0.25) is 5.43 Å². The summed E-state index contributed by atoms with van der Waals surface area (Å²) in [6.45, 7) is 3.10. The van der Waals surface area contributed by atoms with Gasteiger partial charge in [0.25, 0.3) is 0 Å². The molecule has 0 amide bonds. The average molecular weight is 604 g/mol. The van der Waals surface area contributed by atoms with E-state index in [0.717, 1.165) is 25.6 Å². The first-order chi connectivity index (χ1) is 21.2. The highest BCUT2D eigenvalue weighted by Gasteiger charge is 2.42. The highest BCUT2D eigenvalue weighted by molar-refractivity contribution is 6.18. The molecule has 2 aliphatic heterocycles. The molecule has 0 spiro atoms. The molecule has 2 atom stereocenters. The minimum absolute atomic E-state index is 0.0701. The molecule has 0 bridgehead atoms. The minimum Gasteiger partial charge on any atom is -0.477 e. The van der Waals surface area contributed by atoms with Crippen LogP contribution in [0.4, 0.5) is 20.2 Å². The van der Waals surface area contributed by atoms with E-state index in [0.29, 0.717) is 70.1 Å². The van der Waals surface area contributed by atoms with E-state index in [2.05, 4.69) is 30.1 Å². The van der Waals surface area contributed by atoms with Crippen LogP contribution in [0.15, 0.2) is 35.5 Å². The number of aromatic carboxylic acids is 1. The molecule has 4 N–H and O–H groups in total. The van der Waals surface area contributed by atoms with Gasteiger partial charge in [0.15, 0.2) is 11.6 Å². The van der Waals surface area contributed by atoms with Crippen LogP contribution in [0.3, 0.4) is 0 Å². The summed E-state index contributed by atoms with van der Waals surface area (Å²) in [6.07, 6.45) is 6.11. The molecule has 4 aromatic heterocycles. The fraction of sp³-hybridized carbons (Fsp3) is 0.355. The normalized spacial score (nSPS) is 18.6. The number of likely N-dealkylation sites (tertiary alicyclic amines) is 1. The number of rotatable bonds is 7. The highest BCUT2D eigenvalue weighted by atomic mass is 19.2. The molecule has 1 aromatic carbocycles. The highest BCUT2D eigenvalue weighted by Crippen LogP contribution is 2.46. The first-order valence-electron chi connectivity index (χ1n) is 14.5. The van der Waals surface area contributed by atoms with Crippen molar-refractivity contribution in [3.05, 3.63) is 58.1 Å². The van der Waals surface area contributed by atoms with Gasteiger partial charge in [-0.25, -0.2) is 23.5 Å². The molecule has 0 saturated carbocycles. The number of carboxylic acid groups (broad SMARTS) is 1. The van der Waals surface area contributed by atoms with E-state index in [1.807, 2.05) is 0 Å². The maximum absolute atomic E-state index is 15.7. The summed E-state index contributed by atoms with van der Waals surface area (Å²) in [4.78, 5) is 41.9. The minimum atomic E-state index is -1.34. The Kier molecular flexibility index (Phi) is 6.74. The number of hydrogen-bond acceptors (Lipinski definition) is 8. The topological polar surface area (TPSA) is 140 Å². The number of aryl methyl sites for hydroxylation is 1. The number of aromatic amines is 1. The third-order valence-electron chi connectivity index (χ3n) is 9.17. The quantitative estimate of drug-likeness (QED) is 0.220. The Morgan fingerprint density at radius 1 is 1.18 bits per heavy atom. The number of H-pyrrole nitrogens is 1. The van der Waals surface area contributed by atoms with Crippen molar-refractivity contribution in [1.29, 1.82) is 0 Å². The van der Waals surface area contributed by atoms with Crippen molar-refractivity contribution < 1.29 is 23.8 Å². The summed E-state index contributed by atoms with van der Waals surface area (Å²) in [7, 11) is 3.25. The lowest BCUT2D eigenvalue weighted by atomic mass is 10.0. The number of nitrogens with one attached hydrogen (secondary N) is 2. The SMILES string of the molecule is CNc1cc(F)c(F)c2c1[nH]c1ncc(-c3cnc4c(c3)c(=O)c(C(=O)O)cn4C)c(N3C[C@H]4CCN(CCCO)[C@H]4C3)c12.